The van der Waals surface area contributed by atoms with Gasteiger partial charge in [0.25, 0.3) is 0 Å². The average molecular weight is 1130 g/mol. The van der Waals surface area contributed by atoms with Crippen molar-refractivity contribution in [3.05, 3.63) is 282 Å². The molecule has 0 saturated heterocycles. The van der Waals surface area contributed by atoms with Gasteiger partial charge in [-0.15, -0.1) is 0 Å². The number of hydrogen-bond acceptors (Lipinski definition) is 5. The molecule has 3 aromatic heterocycles. The number of fused-ring (bicyclic) bond motifs is 16. The Morgan fingerprint density at radius 2 is 0.830 bits per heavy atom. The Morgan fingerprint density at radius 1 is 0.307 bits per heavy atom. The number of aromatic nitrogens is 3. The molecule has 0 aliphatic heterocycles. The average Bonchev–Trinajstić information content (AvgIpc) is 1.39. The first-order valence-electron chi connectivity index (χ1n) is 31.8. The van der Waals surface area contributed by atoms with Gasteiger partial charge in [0.2, 0.25) is 0 Å². The van der Waals surface area contributed by atoms with Crippen LogP contribution in [0, 0.1) is 5.92 Å². The molecule has 3 spiro atoms. The van der Waals surface area contributed by atoms with Gasteiger partial charge in [0, 0.05) is 60.0 Å². The molecular formula is C83H59N3O2. The number of nitrogens with zero attached hydrogens (tertiary/aromatic N) is 3. The zero-order valence-corrected chi connectivity index (χ0v) is 48.6. The second-order valence-corrected chi connectivity index (χ2v) is 26.6. The van der Waals surface area contributed by atoms with E-state index in [4.69, 9.17) is 23.8 Å². The number of para-hydroxylation sites is 1. The van der Waals surface area contributed by atoms with Gasteiger partial charge >= 0.3 is 0 Å². The Hall–Kier alpha value is -9.97. The molecule has 3 fully saturated rings. The van der Waals surface area contributed by atoms with Crippen molar-refractivity contribution in [3.8, 4) is 78.7 Å². The Bertz CT molecular complexity index is 5270. The Morgan fingerprint density at radius 3 is 1.56 bits per heavy atom. The molecule has 6 aliphatic rings. The number of hydrogen-bond donors (Lipinski definition) is 0. The van der Waals surface area contributed by atoms with Gasteiger partial charge in [-0.05, 0) is 177 Å². The summed E-state index contributed by atoms with van der Waals surface area (Å²) in [6.07, 6.45) is 7.95. The van der Waals surface area contributed by atoms with Gasteiger partial charge in [0.05, 0.1) is 0 Å². The lowest BCUT2D eigenvalue weighted by atomic mass is 9.36. The summed E-state index contributed by atoms with van der Waals surface area (Å²) in [6, 6.07) is 93.2. The lowest BCUT2D eigenvalue weighted by Gasteiger charge is -2.67. The van der Waals surface area contributed by atoms with Crippen molar-refractivity contribution in [1.82, 2.24) is 15.0 Å². The van der Waals surface area contributed by atoms with Crippen LogP contribution in [0.1, 0.15) is 96.1 Å². The molecule has 0 N–H and O–H groups in total. The van der Waals surface area contributed by atoms with Crippen LogP contribution in [-0.4, -0.2) is 15.0 Å². The Labute approximate surface area is 510 Å². The molecule has 5 nitrogen and oxygen atoms in total. The first-order chi connectivity index (χ1) is 43.5. The van der Waals surface area contributed by atoms with Crippen molar-refractivity contribution in [2.24, 2.45) is 5.92 Å². The number of furan rings is 2. The standard InChI is InChI=1S/C83H59N3O2/c1-2-16-49(17-3-1)52-18-14-19-53(42-52)78-84-77(85-79(86-78)54-36-39-72-67(43-54)66-26-10-13-30-71(66)87-72)51-34-32-50(33-35-51)61-37-38-70-75-74-60(27-15-31-73(74)88-76(61)75)55-40-41-81(70)45-56-46-83(69-29-12-9-25-65(69)62-22-6-4-20-58(56)62)48-57-47-82(44-55,80(81)83)68-28-11-8-24-64(68)63-23-7-5-21-59(57)63/h1-39,42-43,55-57,80H,40-41,44-48H2. The maximum absolute atomic E-state index is 7.51. The van der Waals surface area contributed by atoms with Gasteiger partial charge in [-0.3, -0.25) is 0 Å². The normalized spacial score (nSPS) is 23.3. The fourth-order valence-electron chi connectivity index (χ4n) is 19.6. The summed E-state index contributed by atoms with van der Waals surface area (Å²) in [5.41, 5.74) is 25.4. The molecule has 6 bridgehead atoms. The van der Waals surface area contributed by atoms with E-state index in [0.717, 1.165) is 117 Å². The van der Waals surface area contributed by atoms with E-state index >= 15 is 0 Å². The van der Waals surface area contributed by atoms with Crippen LogP contribution < -0.4 is 0 Å². The molecule has 0 amide bonds. The molecule has 5 heteroatoms. The van der Waals surface area contributed by atoms with Crippen molar-refractivity contribution in [2.45, 2.75) is 78.9 Å². The minimum atomic E-state index is -0.189. The van der Waals surface area contributed by atoms with Gasteiger partial charge in [-0.25, -0.2) is 15.0 Å². The maximum atomic E-state index is 7.51. The maximum Gasteiger partial charge on any atom is 0.164 e. The summed E-state index contributed by atoms with van der Waals surface area (Å²) in [7, 11) is 0. The third-order valence-corrected chi connectivity index (χ3v) is 22.6. The highest BCUT2D eigenvalue weighted by atomic mass is 16.3. The third-order valence-electron chi connectivity index (χ3n) is 22.6. The molecule has 14 aromatic rings. The van der Waals surface area contributed by atoms with Crippen LogP contribution in [0.2, 0.25) is 0 Å². The SMILES string of the molecule is c1ccc(-c2cccc(-c3nc(-c4ccc(-c5ccc6c7c5oc5cccc(c57)C5CCC67CC6CC8(CC9CC(C5)(c5ccccc5-c5ccccc59)C87)c5ccccc5-c5ccccc56)cc4)nc(-c4ccc5oc6ccccc6c5c4)n3)c2)cc1. The zero-order valence-electron chi connectivity index (χ0n) is 48.6. The van der Waals surface area contributed by atoms with Crippen molar-refractivity contribution in [2.75, 3.05) is 0 Å². The van der Waals surface area contributed by atoms with Crippen LogP contribution in [0.3, 0.4) is 0 Å². The van der Waals surface area contributed by atoms with Crippen molar-refractivity contribution < 1.29 is 8.83 Å². The second-order valence-electron chi connectivity index (χ2n) is 26.6. The predicted octanol–water partition coefficient (Wildman–Crippen LogP) is 21.1. The first kappa shape index (κ1) is 49.2. The molecule has 3 heterocycles. The molecule has 0 radical (unpaired) electrons. The van der Waals surface area contributed by atoms with Gasteiger partial charge < -0.3 is 8.83 Å². The van der Waals surface area contributed by atoms with Gasteiger partial charge in [-0.1, -0.05) is 212 Å². The van der Waals surface area contributed by atoms with Gasteiger partial charge in [0.15, 0.2) is 17.5 Å². The van der Waals surface area contributed by atoms with E-state index in [1.807, 2.05) is 18.2 Å². The van der Waals surface area contributed by atoms with Crippen molar-refractivity contribution >= 4 is 43.9 Å². The molecule has 11 aromatic carbocycles. The number of benzene rings is 11. The third kappa shape index (κ3) is 6.74. The fraction of sp³-hybridized carbons (Fsp3) is 0.169. The smallest absolute Gasteiger partial charge is 0.164 e. The predicted molar refractivity (Wildman–Crippen MR) is 354 cm³/mol. The first-order valence-corrected chi connectivity index (χ1v) is 31.8. The lowest BCUT2D eigenvalue weighted by Crippen LogP contribution is -2.64. The highest BCUT2D eigenvalue weighted by molar-refractivity contribution is 6.14. The van der Waals surface area contributed by atoms with Crippen LogP contribution in [0.15, 0.2) is 258 Å². The van der Waals surface area contributed by atoms with E-state index in [-0.39, 0.29) is 16.2 Å². The summed E-state index contributed by atoms with van der Waals surface area (Å²) >= 11 is 0. The second kappa shape index (κ2) is 18.1. The molecular weight excluding hydrogens is 1070 g/mol. The van der Waals surface area contributed by atoms with Crippen LogP contribution in [-0.2, 0) is 16.2 Å². The van der Waals surface area contributed by atoms with Crippen LogP contribution in [0.5, 0.6) is 0 Å². The van der Waals surface area contributed by atoms with Crippen LogP contribution >= 0.6 is 0 Å². The lowest BCUT2D eigenvalue weighted by molar-refractivity contribution is -0.0407. The summed E-state index contributed by atoms with van der Waals surface area (Å²) < 4.78 is 13.8. The van der Waals surface area contributed by atoms with Gasteiger partial charge in [-0.2, -0.15) is 0 Å². The topological polar surface area (TPSA) is 65.0 Å². The molecule has 7 atom stereocenters. The Kier molecular flexibility index (Phi) is 10.1. The van der Waals surface area contributed by atoms with Crippen molar-refractivity contribution in [3.63, 3.8) is 0 Å². The van der Waals surface area contributed by atoms with E-state index in [1.165, 1.54) is 49.7 Å². The van der Waals surface area contributed by atoms with Crippen LogP contribution in [0.4, 0.5) is 0 Å². The van der Waals surface area contributed by atoms with E-state index in [0.29, 0.717) is 41.1 Å². The number of rotatable bonds is 5. The minimum Gasteiger partial charge on any atom is -0.456 e. The van der Waals surface area contributed by atoms with E-state index in [2.05, 4.69) is 231 Å². The summed E-state index contributed by atoms with van der Waals surface area (Å²) in [4.78, 5) is 15.9. The highest BCUT2D eigenvalue weighted by Crippen LogP contribution is 2.78. The Balaban J connectivity index is 0.788. The van der Waals surface area contributed by atoms with Crippen LogP contribution in [0.25, 0.3) is 123 Å². The minimum absolute atomic E-state index is 0.124. The van der Waals surface area contributed by atoms with E-state index < -0.39 is 0 Å². The fourth-order valence-corrected chi connectivity index (χ4v) is 19.6. The zero-order chi connectivity index (χ0) is 57.5. The molecule has 6 aliphatic carbocycles. The summed E-state index contributed by atoms with van der Waals surface area (Å²) in [6.45, 7) is 0. The molecule has 3 saturated carbocycles. The summed E-state index contributed by atoms with van der Waals surface area (Å²) in [5, 5.41) is 4.76. The monoisotopic (exact) mass is 1130 g/mol. The molecule has 20 rings (SSSR count). The molecule has 88 heavy (non-hydrogen) atoms. The highest BCUT2D eigenvalue weighted by Gasteiger charge is 2.71. The largest absolute Gasteiger partial charge is 0.456 e. The van der Waals surface area contributed by atoms with E-state index in [1.54, 1.807) is 16.7 Å². The molecule has 418 valence electrons. The van der Waals surface area contributed by atoms with Gasteiger partial charge in [0.1, 0.15) is 22.3 Å². The quantitative estimate of drug-likeness (QED) is 0.172. The van der Waals surface area contributed by atoms with Crippen molar-refractivity contribution in [1.29, 1.82) is 0 Å². The summed E-state index contributed by atoms with van der Waals surface area (Å²) in [5.74, 6) is 3.27. The molecule has 7 unspecified atom stereocenters. The van der Waals surface area contributed by atoms with E-state index in [9.17, 15) is 0 Å².